The van der Waals surface area contributed by atoms with Crippen molar-refractivity contribution in [2.75, 3.05) is 6.79 Å². The quantitative estimate of drug-likeness (QED) is 0.899. The summed E-state index contributed by atoms with van der Waals surface area (Å²) in [5.41, 5.74) is 1.07. The Labute approximate surface area is 146 Å². The highest BCUT2D eigenvalue weighted by atomic mass is 16.7. The minimum atomic E-state index is 0.0173. The number of carbonyl (C=O) groups excluding carboxylic acids is 1. The van der Waals surface area contributed by atoms with E-state index in [1.165, 1.54) is 12.8 Å². The summed E-state index contributed by atoms with van der Waals surface area (Å²) in [6.07, 6.45) is 5.62. The Morgan fingerprint density at radius 2 is 2.08 bits per heavy atom. The molecule has 7 nitrogen and oxygen atoms in total. The third kappa shape index (κ3) is 3.60. The van der Waals surface area contributed by atoms with Crippen molar-refractivity contribution < 1.29 is 14.3 Å². The van der Waals surface area contributed by atoms with E-state index in [4.69, 9.17) is 9.47 Å². The van der Waals surface area contributed by atoms with Crippen molar-refractivity contribution in [3.63, 3.8) is 0 Å². The Bertz CT molecular complexity index is 772. The van der Waals surface area contributed by atoms with Gasteiger partial charge in [0.1, 0.15) is 5.82 Å². The maximum absolute atomic E-state index is 12.2. The minimum Gasteiger partial charge on any atom is -0.454 e. The van der Waals surface area contributed by atoms with Gasteiger partial charge in [0, 0.05) is 19.4 Å². The van der Waals surface area contributed by atoms with Crippen LogP contribution in [-0.4, -0.2) is 27.5 Å². The van der Waals surface area contributed by atoms with E-state index < -0.39 is 0 Å². The number of aryl methyl sites for hydroxylation is 2. The van der Waals surface area contributed by atoms with Gasteiger partial charge in [0.05, 0.1) is 6.54 Å². The van der Waals surface area contributed by atoms with E-state index in [0.717, 1.165) is 48.1 Å². The zero-order valence-corrected chi connectivity index (χ0v) is 14.2. The number of aromatic nitrogens is 3. The van der Waals surface area contributed by atoms with E-state index >= 15 is 0 Å². The molecule has 2 aliphatic rings. The number of hydrogen-bond donors (Lipinski definition) is 1. The Hall–Kier alpha value is -2.57. The summed E-state index contributed by atoms with van der Waals surface area (Å²) in [6, 6.07) is 5.80. The lowest BCUT2D eigenvalue weighted by Gasteiger charge is -2.08. The molecule has 0 atom stereocenters. The smallest absolute Gasteiger partial charge is 0.231 e. The number of benzene rings is 1. The van der Waals surface area contributed by atoms with E-state index in [0.29, 0.717) is 19.4 Å². The van der Waals surface area contributed by atoms with Gasteiger partial charge < -0.3 is 19.4 Å². The number of amides is 1. The second kappa shape index (κ2) is 7.13. The molecule has 0 saturated heterocycles. The zero-order chi connectivity index (χ0) is 17.1. The highest BCUT2D eigenvalue weighted by Crippen LogP contribution is 2.32. The number of rotatable bonds is 5. The van der Waals surface area contributed by atoms with Crippen LogP contribution >= 0.6 is 0 Å². The van der Waals surface area contributed by atoms with Crippen LogP contribution in [0.4, 0.5) is 0 Å². The number of carbonyl (C=O) groups is 1. The third-order valence-electron chi connectivity index (χ3n) is 4.71. The van der Waals surface area contributed by atoms with Crippen molar-refractivity contribution in [3.05, 3.63) is 35.4 Å². The lowest BCUT2D eigenvalue weighted by atomic mass is 10.1. The van der Waals surface area contributed by atoms with E-state index in [-0.39, 0.29) is 12.7 Å². The van der Waals surface area contributed by atoms with Crippen LogP contribution in [0.2, 0.25) is 0 Å². The SMILES string of the molecule is O=C(CCc1ccc2c(c1)OCO2)NCc1nnc2n1CCCCC2. The molecule has 0 saturated carbocycles. The van der Waals surface area contributed by atoms with Crippen molar-refractivity contribution in [2.45, 2.75) is 51.6 Å². The maximum Gasteiger partial charge on any atom is 0.231 e. The molecular weight excluding hydrogens is 320 g/mol. The fourth-order valence-corrected chi connectivity index (χ4v) is 3.30. The van der Waals surface area contributed by atoms with Crippen LogP contribution < -0.4 is 14.8 Å². The molecule has 0 radical (unpaired) electrons. The molecule has 0 unspecified atom stereocenters. The van der Waals surface area contributed by atoms with Gasteiger partial charge in [-0.25, -0.2) is 0 Å². The predicted molar refractivity (Wildman–Crippen MR) is 90.3 cm³/mol. The fraction of sp³-hybridized carbons (Fsp3) is 0.500. The molecule has 1 aromatic carbocycles. The van der Waals surface area contributed by atoms with Crippen LogP contribution in [0.15, 0.2) is 18.2 Å². The normalized spacial score (nSPS) is 15.5. The first-order valence-electron chi connectivity index (χ1n) is 8.86. The molecule has 2 aliphatic heterocycles. The van der Waals surface area contributed by atoms with Gasteiger partial charge in [-0.05, 0) is 37.0 Å². The van der Waals surface area contributed by atoms with Crippen molar-refractivity contribution in [3.8, 4) is 11.5 Å². The topological polar surface area (TPSA) is 78.3 Å². The van der Waals surface area contributed by atoms with E-state index in [1.54, 1.807) is 0 Å². The Morgan fingerprint density at radius 1 is 1.16 bits per heavy atom. The molecule has 0 fully saturated rings. The molecule has 0 bridgehead atoms. The molecule has 1 aromatic heterocycles. The van der Waals surface area contributed by atoms with Crippen LogP contribution in [0.25, 0.3) is 0 Å². The Balaban J connectivity index is 1.29. The molecule has 4 rings (SSSR count). The summed E-state index contributed by atoms with van der Waals surface area (Å²) in [6.45, 7) is 1.65. The summed E-state index contributed by atoms with van der Waals surface area (Å²) in [4.78, 5) is 12.2. The highest BCUT2D eigenvalue weighted by Gasteiger charge is 2.16. The maximum atomic E-state index is 12.2. The van der Waals surface area contributed by atoms with E-state index in [1.807, 2.05) is 18.2 Å². The first-order chi connectivity index (χ1) is 12.3. The van der Waals surface area contributed by atoms with Crippen LogP contribution in [0.1, 0.15) is 42.9 Å². The van der Waals surface area contributed by atoms with Crippen molar-refractivity contribution in [1.82, 2.24) is 20.1 Å². The second-order valence-corrected chi connectivity index (χ2v) is 6.46. The third-order valence-corrected chi connectivity index (χ3v) is 4.71. The first kappa shape index (κ1) is 15.9. The summed E-state index contributed by atoms with van der Waals surface area (Å²) >= 11 is 0. The van der Waals surface area contributed by atoms with Crippen LogP contribution in [0, 0.1) is 0 Å². The van der Waals surface area contributed by atoms with Crippen molar-refractivity contribution >= 4 is 5.91 Å². The zero-order valence-electron chi connectivity index (χ0n) is 14.2. The van der Waals surface area contributed by atoms with Crippen LogP contribution in [0.5, 0.6) is 11.5 Å². The number of nitrogens with zero attached hydrogens (tertiary/aromatic N) is 3. The van der Waals surface area contributed by atoms with Gasteiger partial charge in [0.15, 0.2) is 17.3 Å². The molecule has 0 aliphatic carbocycles. The Kier molecular flexibility index (Phi) is 4.54. The average molecular weight is 342 g/mol. The van der Waals surface area contributed by atoms with Gasteiger partial charge in [0.2, 0.25) is 12.7 Å². The van der Waals surface area contributed by atoms with Crippen LogP contribution in [0.3, 0.4) is 0 Å². The van der Waals surface area contributed by atoms with Crippen LogP contribution in [-0.2, 0) is 30.7 Å². The summed E-state index contributed by atoms with van der Waals surface area (Å²) in [7, 11) is 0. The number of fused-ring (bicyclic) bond motifs is 2. The molecule has 7 heteroatoms. The fourth-order valence-electron chi connectivity index (χ4n) is 3.30. The molecule has 3 heterocycles. The molecule has 0 spiro atoms. The molecule has 25 heavy (non-hydrogen) atoms. The molecule has 1 N–H and O–H groups in total. The van der Waals surface area contributed by atoms with E-state index in [9.17, 15) is 4.79 Å². The first-order valence-corrected chi connectivity index (χ1v) is 8.86. The lowest BCUT2D eigenvalue weighted by molar-refractivity contribution is -0.121. The largest absolute Gasteiger partial charge is 0.454 e. The average Bonchev–Trinajstić information content (AvgIpc) is 3.18. The van der Waals surface area contributed by atoms with Gasteiger partial charge in [-0.1, -0.05) is 12.5 Å². The van der Waals surface area contributed by atoms with Crippen molar-refractivity contribution in [2.24, 2.45) is 0 Å². The monoisotopic (exact) mass is 342 g/mol. The highest BCUT2D eigenvalue weighted by molar-refractivity contribution is 5.76. The summed E-state index contributed by atoms with van der Waals surface area (Å²) in [5, 5.41) is 11.5. The van der Waals surface area contributed by atoms with Gasteiger partial charge in [0.25, 0.3) is 0 Å². The summed E-state index contributed by atoms with van der Waals surface area (Å²) < 4.78 is 12.8. The standard InChI is InChI=1S/C18H22N4O3/c23-18(8-6-13-5-7-14-15(10-13)25-12-24-14)19-11-17-21-20-16-4-2-1-3-9-22(16)17/h5,7,10H,1-4,6,8-9,11-12H2,(H,19,23). The minimum absolute atomic E-state index is 0.0173. The molecule has 1 amide bonds. The lowest BCUT2D eigenvalue weighted by Crippen LogP contribution is -2.25. The molecule has 2 aromatic rings. The van der Waals surface area contributed by atoms with Gasteiger partial charge >= 0.3 is 0 Å². The number of nitrogens with one attached hydrogen (secondary N) is 1. The van der Waals surface area contributed by atoms with Gasteiger partial charge in [-0.2, -0.15) is 0 Å². The second-order valence-electron chi connectivity index (χ2n) is 6.46. The van der Waals surface area contributed by atoms with Crippen molar-refractivity contribution in [1.29, 1.82) is 0 Å². The molecular formula is C18H22N4O3. The van der Waals surface area contributed by atoms with E-state index in [2.05, 4.69) is 20.1 Å². The number of hydrogen-bond acceptors (Lipinski definition) is 5. The number of ether oxygens (including phenoxy) is 2. The Morgan fingerprint density at radius 3 is 3.04 bits per heavy atom. The van der Waals surface area contributed by atoms with Gasteiger partial charge in [-0.3, -0.25) is 4.79 Å². The predicted octanol–water partition coefficient (Wildman–Crippen LogP) is 1.98. The molecule has 132 valence electrons. The van der Waals surface area contributed by atoms with Gasteiger partial charge in [-0.15, -0.1) is 10.2 Å². The summed E-state index contributed by atoms with van der Waals surface area (Å²) in [5.74, 6) is 3.43.